The summed E-state index contributed by atoms with van der Waals surface area (Å²) in [6.45, 7) is 0. The van der Waals surface area contributed by atoms with Crippen molar-refractivity contribution >= 4 is 65.6 Å². The molecule has 10 aromatic rings. The monoisotopic (exact) mass is 575 g/mol. The number of para-hydroxylation sites is 4. The van der Waals surface area contributed by atoms with Crippen LogP contribution in [0.3, 0.4) is 0 Å². The van der Waals surface area contributed by atoms with E-state index < -0.39 is 0 Å². The molecule has 0 bridgehead atoms. The lowest BCUT2D eigenvalue weighted by Crippen LogP contribution is -1.95. The summed E-state index contributed by atoms with van der Waals surface area (Å²) < 4.78 is 11.0. The molecule has 4 nitrogen and oxygen atoms in total. The lowest BCUT2D eigenvalue weighted by atomic mass is 10.0. The normalized spacial score (nSPS) is 12.0. The largest absolute Gasteiger partial charge is 0.456 e. The van der Waals surface area contributed by atoms with Crippen LogP contribution in [0.1, 0.15) is 0 Å². The van der Waals surface area contributed by atoms with E-state index in [1.807, 2.05) is 12.4 Å². The number of rotatable bonds is 3. The molecule has 0 aliphatic carbocycles. The smallest absolute Gasteiger partial charge is 0.135 e. The van der Waals surface area contributed by atoms with Crippen molar-refractivity contribution in [2.75, 3.05) is 0 Å². The molecule has 45 heavy (non-hydrogen) atoms. The van der Waals surface area contributed by atoms with Crippen LogP contribution >= 0.6 is 0 Å². The quantitative estimate of drug-likeness (QED) is 0.210. The van der Waals surface area contributed by atoms with E-state index in [9.17, 15) is 0 Å². The summed E-state index contributed by atoms with van der Waals surface area (Å²) in [5.41, 5.74) is 10.8. The molecule has 4 heterocycles. The lowest BCUT2D eigenvalue weighted by molar-refractivity contribution is 0.669. The van der Waals surface area contributed by atoms with Gasteiger partial charge in [0.15, 0.2) is 0 Å². The highest BCUT2D eigenvalue weighted by Gasteiger charge is 2.16. The van der Waals surface area contributed by atoms with Gasteiger partial charge in [0.1, 0.15) is 11.2 Å². The van der Waals surface area contributed by atoms with Gasteiger partial charge < -0.3 is 13.6 Å². The number of hydrogen-bond donors (Lipinski definition) is 0. The average molecular weight is 576 g/mol. The highest BCUT2D eigenvalue weighted by molar-refractivity contribution is 6.11. The van der Waals surface area contributed by atoms with Gasteiger partial charge in [0, 0.05) is 49.8 Å². The average Bonchev–Trinajstić information content (AvgIpc) is 3.75. The number of hydrogen-bond acceptors (Lipinski definition) is 2. The number of pyridine rings is 1. The SMILES string of the molecule is c1ccc2c(c1)c1ccccc1n2-c1cncc(-c2ccc3oc4ccc(-n5c6ccccc6c6ccccc65)cc4c3c2)c1. The van der Waals surface area contributed by atoms with Crippen LogP contribution in [0.15, 0.2) is 156 Å². The minimum absolute atomic E-state index is 0.875. The summed E-state index contributed by atoms with van der Waals surface area (Å²) in [6, 6.07) is 49.6. The summed E-state index contributed by atoms with van der Waals surface area (Å²) >= 11 is 0. The summed E-state index contributed by atoms with van der Waals surface area (Å²) in [6.07, 6.45) is 3.90. The Kier molecular flexibility index (Phi) is 4.96. The first-order chi connectivity index (χ1) is 22.3. The van der Waals surface area contributed by atoms with E-state index in [0.717, 1.165) is 44.4 Å². The Morgan fingerprint density at radius 3 is 1.44 bits per heavy atom. The minimum atomic E-state index is 0.875. The molecular formula is C41H25N3O. The van der Waals surface area contributed by atoms with Crippen molar-refractivity contribution in [1.29, 1.82) is 0 Å². The Bertz CT molecular complexity index is 2670. The van der Waals surface area contributed by atoms with Gasteiger partial charge in [0.2, 0.25) is 0 Å². The van der Waals surface area contributed by atoms with Crippen molar-refractivity contribution < 1.29 is 4.42 Å². The van der Waals surface area contributed by atoms with Crippen LogP contribution < -0.4 is 0 Å². The highest BCUT2D eigenvalue weighted by atomic mass is 16.3. The van der Waals surface area contributed by atoms with Crippen molar-refractivity contribution in [3.63, 3.8) is 0 Å². The van der Waals surface area contributed by atoms with E-state index in [1.54, 1.807) is 0 Å². The summed E-state index contributed by atoms with van der Waals surface area (Å²) in [7, 11) is 0. The molecule has 210 valence electrons. The van der Waals surface area contributed by atoms with Gasteiger partial charge in [-0.2, -0.15) is 0 Å². The Morgan fingerprint density at radius 1 is 0.378 bits per heavy atom. The van der Waals surface area contributed by atoms with Crippen molar-refractivity contribution in [2.24, 2.45) is 0 Å². The van der Waals surface area contributed by atoms with Gasteiger partial charge in [-0.1, -0.05) is 78.9 Å². The van der Waals surface area contributed by atoms with Crippen molar-refractivity contribution in [2.45, 2.75) is 0 Å². The van der Waals surface area contributed by atoms with Crippen molar-refractivity contribution in [1.82, 2.24) is 14.1 Å². The molecule has 4 aromatic heterocycles. The molecule has 0 aliphatic heterocycles. The Balaban J connectivity index is 1.15. The zero-order valence-corrected chi connectivity index (χ0v) is 24.2. The number of nitrogens with zero attached hydrogens (tertiary/aromatic N) is 3. The first-order valence-electron chi connectivity index (χ1n) is 15.2. The molecule has 0 N–H and O–H groups in total. The third-order valence-electron chi connectivity index (χ3n) is 9.19. The second kappa shape index (κ2) is 9.18. The fourth-order valence-electron chi connectivity index (χ4n) is 7.19. The molecule has 0 amide bonds. The van der Waals surface area contributed by atoms with Crippen LogP contribution in [-0.2, 0) is 0 Å². The van der Waals surface area contributed by atoms with Gasteiger partial charge in [0.05, 0.1) is 34.0 Å². The fourth-order valence-corrected chi connectivity index (χ4v) is 7.19. The maximum atomic E-state index is 6.34. The van der Waals surface area contributed by atoms with E-state index in [1.165, 1.54) is 43.6 Å². The van der Waals surface area contributed by atoms with Crippen LogP contribution in [0.5, 0.6) is 0 Å². The van der Waals surface area contributed by atoms with E-state index in [-0.39, 0.29) is 0 Å². The van der Waals surface area contributed by atoms with Crippen LogP contribution in [0.25, 0.3) is 88.1 Å². The van der Waals surface area contributed by atoms with Gasteiger partial charge >= 0.3 is 0 Å². The lowest BCUT2D eigenvalue weighted by Gasteiger charge is -2.10. The molecular weight excluding hydrogens is 550 g/mol. The predicted molar refractivity (Wildman–Crippen MR) is 186 cm³/mol. The summed E-state index contributed by atoms with van der Waals surface area (Å²) in [4.78, 5) is 4.72. The van der Waals surface area contributed by atoms with E-state index >= 15 is 0 Å². The van der Waals surface area contributed by atoms with Gasteiger partial charge in [0.25, 0.3) is 0 Å². The fraction of sp³-hybridized carbons (Fsp3) is 0. The third-order valence-corrected chi connectivity index (χ3v) is 9.19. The maximum absolute atomic E-state index is 6.34. The van der Waals surface area contributed by atoms with Crippen LogP contribution in [-0.4, -0.2) is 14.1 Å². The first kappa shape index (κ1) is 24.3. The standard InChI is InChI=1S/C41H25N3O/c1-5-13-36-30(9-1)31-10-2-6-14-37(31)43(36)28-18-20-41-35(23-28)34-22-26(17-19-40(34)45-41)27-21-29(25-42-24-27)44-38-15-7-3-11-32(38)33-12-4-8-16-39(33)44/h1-25H. The molecule has 0 aliphatic rings. The van der Waals surface area contributed by atoms with E-state index in [2.05, 4.69) is 149 Å². The van der Waals surface area contributed by atoms with Crippen LogP contribution in [0, 0.1) is 0 Å². The third kappa shape index (κ3) is 3.51. The van der Waals surface area contributed by atoms with Gasteiger partial charge in [-0.15, -0.1) is 0 Å². The van der Waals surface area contributed by atoms with Gasteiger partial charge in [-0.25, -0.2) is 0 Å². The van der Waals surface area contributed by atoms with Crippen LogP contribution in [0.2, 0.25) is 0 Å². The maximum Gasteiger partial charge on any atom is 0.135 e. The number of aromatic nitrogens is 3. The topological polar surface area (TPSA) is 35.9 Å². The number of fused-ring (bicyclic) bond motifs is 9. The van der Waals surface area contributed by atoms with Crippen LogP contribution in [0.4, 0.5) is 0 Å². The zero-order valence-electron chi connectivity index (χ0n) is 24.2. The predicted octanol–water partition coefficient (Wildman–Crippen LogP) is 10.8. The minimum Gasteiger partial charge on any atom is -0.456 e. The molecule has 0 atom stereocenters. The van der Waals surface area contributed by atoms with Gasteiger partial charge in [-0.05, 0) is 66.2 Å². The van der Waals surface area contributed by atoms with Gasteiger partial charge in [-0.3, -0.25) is 4.98 Å². The molecule has 10 rings (SSSR count). The molecule has 0 spiro atoms. The van der Waals surface area contributed by atoms with E-state index in [4.69, 9.17) is 9.40 Å². The number of benzene rings is 6. The molecule has 4 heteroatoms. The Morgan fingerprint density at radius 2 is 0.867 bits per heavy atom. The molecule has 0 unspecified atom stereocenters. The Hall–Kier alpha value is -6.13. The number of furan rings is 1. The second-order valence-corrected chi connectivity index (χ2v) is 11.7. The second-order valence-electron chi connectivity index (χ2n) is 11.7. The molecule has 0 saturated heterocycles. The molecule has 6 aromatic carbocycles. The van der Waals surface area contributed by atoms with Crippen molar-refractivity contribution in [3.8, 4) is 22.5 Å². The molecule has 0 radical (unpaired) electrons. The summed E-state index contributed by atoms with van der Waals surface area (Å²) in [5.74, 6) is 0. The summed E-state index contributed by atoms with van der Waals surface area (Å²) in [5, 5.41) is 7.17. The zero-order chi connectivity index (χ0) is 29.5. The molecule has 0 fully saturated rings. The highest BCUT2D eigenvalue weighted by Crippen LogP contribution is 2.38. The Labute approximate surface area is 258 Å². The first-order valence-corrected chi connectivity index (χ1v) is 15.2. The van der Waals surface area contributed by atoms with E-state index in [0.29, 0.717) is 0 Å². The molecule has 0 saturated carbocycles. The van der Waals surface area contributed by atoms with Crippen molar-refractivity contribution in [3.05, 3.63) is 152 Å².